The van der Waals surface area contributed by atoms with E-state index in [0.717, 1.165) is 45.4 Å². The van der Waals surface area contributed by atoms with Crippen molar-refractivity contribution in [3.8, 4) is 16.9 Å². The Morgan fingerprint density at radius 2 is 1.83 bits per heavy atom. The summed E-state index contributed by atoms with van der Waals surface area (Å²) in [5, 5.41) is 0. The number of pyridine rings is 1. The summed E-state index contributed by atoms with van der Waals surface area (Å²) in [6.07, 6.45) is 2.94. The molecule has 0 amide bonds. The lowest BCUT2D eigenvalue weighted by atomic mass is 9.98. The fraction of sp³-hybridized carbons (Fsp3) is 0.250. The van der Waals surface area contributed by atoms with E-state index in [0.29, 0.717) is 12.3 Å². The molecule has 3 aromatic rings. The molecular formula is C20H21NO2. The van der Waals surface area contributed by atoms with Crippen LogP contribution in [0.4, 0.5) is 0 Å². The third-order valence-electron chi connectivity index (χ3n) is 4.18. The third-order valence-corrected chi connectivity index (χ3v) is 4.18. The monoisotopic (exact) mass is 307 g/mol. The zero-order chi connectivity index (χ0) is 16.6. The molecule has 0 radical (unpaired) electrons. The minimum Gasteiger partial charge on any atom is -0.494 e. The molecule has 0 aliphatic carbocycles. The lowest BCUT2D eigenvalue weighted by Crippen LogP contribution is -1.97. The highest BCUT2D eigenvalue weighted by atomic mass is 16.5. The Kier molecular flexibility index (Phi) is 3.95. The molecule has 0 atom stereocenters. The maximum atomic E-state index is 11.7. The molecule has 0 saturated heterocycles. The van der Waals surface area contributed by atoms with Gasteiger partial charge in [0.15, 0.2) is 6.29 Å². The molecule has 0 N–H and O–H groups in total. The molecule has 3 nitrogen and oxygen atoms in total. The Hall–Kier alpha value is -2.55. The van der Waals surface area contributed by atoms with Crippen LogP contribution >= 0.6 is 0 Å². The van der Waals surface area contributed by atoms with Gasteiger partial charge in [-0.3, -0.25) is 4.79 Å². The van der Waals surface area contributed by atoms with E-state index in [1.54, 1.807) is 0 Å². The molecule has 0 bridgehead atoms. The summed E-state index contributed by atoms with van der Waals surface area (Å²) in [6.45, 7) is 8.75. The van der Waals surface area contributed by atoms with Crippen molar-refractivity contribution in [2.24, 2.45) is 0 Å². The SMILES string of the molecule is CCOc1cc(C)c(-c2cc3ccc(C)cn3c2C=O)cc1C. The van der Waals surface area contributed by atoms with E-state index in [-0.39, 0.29) is 0 Å². The molecule has 118 valence electrons. The summed E-state index contributed by atoms with van der Waals surface area (Å²) < 4.78 is 7.63. The van der Waals surface area contributed by atoms with Gasteiger partial charge < -0.3 is 9.14 Å². The van der Waals surface area contributed by atoms with Gasteiger partial charge in [-0.1, -0.05) is 6.07 Å². The highest BCUT2D eigenvalue weighted by molar-refractivity contribution is 5.91. The number of ether oxygens (including phenoxy) is 1. The number of aldehydes is 1. The van der Waals surface area contributed by atoms with Gasteiger partial charge in [-0.25, -0.2) is 0 Å². The number of hydrogen-bond acceptors (Lipinski definition) is 2. The summed E-state index contributed by atoms with van der Waals surface area (Å²) in [5.74, 6) is 0.904. The van der Waals surface area contributed by atoms with Gasteiger partial charge in [-0.15, -0.1) is 0 Å². The molecule has 0 aliphatic rings. The van der Waals surface area contributed by atoms with Crippen LogP contribution in [0.15, 0.2) is 36.5 Å². The topological polar surface area (TPSA) is 30.7 Å². The molecule has 2 heterocycles. The Labute approximate surface area is 136 Å². The van der Waals surface area contributed by atoms with Crippen LogP contribution in [0.25, 0.3) is 16.6 Å². The first kappa shape index (κ1) is 15.3. The van der Waals surface area contributed by atoms with Crippen LogP contribution in [0.2, 0.25) is 0 Å². The van der Waals surface area contributed by atoms with Gasteiger partial charge in [0.25, 0.3) is 0 Å². The highest BCUT2D eigenvalue weighted by Gasteiger charge is 2.15. The number of hydrogen-bond donors (Lipinski definition) is 0. The standard InChI is InChI=1S/C20H21NO2/c1-5-23-20-9-14(3)17(8-15(20)4)18-10-16-7-6-13(2)11-21(16)19(18)12-22/h6-12H,5H2,1-4H3. The minimum absolute atomic E-state index is 0.647. The van der Waals surface area contributed by atoms with Crippen molar-refractivity contribution >= 4 is 11.8 Å². The molecule has 23 heavy (non-hydrogen) atoms. The molecule has 3 heteroatoms. The van der Waals surface area contributed by atoms with Crippen LogP contribution in [0, 0.1) is 20.8 Å². The number of aryl methyl sites for hydroxylation is 3. The van der Waals surface area contributed by atoms with Crippen LogP contribution in [-0.4, -0.2) is 17.3 Å². The number of carbonyl (C=O) groups excluding carboxylic acids is 1. The predicted molar refractivity (Wildman–Crippen MR) is 93.6 cm³/mol. The Balaban J connectivity index is 2.24. The molecule has 0 unspecified atom stereocenters. The van der Waals surface area contributed by atoms with Gasteiger partial charge in [-0.2, -0.15) is 0 Å². The fourth-order valence-electron chi connectivity index (χ4n) is 3.02. The summed E-state index contributed by atoms with van der Waals surface area (Å²) in [4.78, 5) is 11.7. The van der Waals surface area contributed by atoms with Crippen LogP contribution in [-0.2, 0) is 0 Å². The molecule has 0 aliphatic heterocycles. The van der Waals surface area contributed by atoms with Gasteiger partial charge in [0.2, 0.25) is 0 Å². The van der Waals surface area contributed by atoms with Crippen molar-refractivity contribution < 1.29 is 9.53 Å². The summed E-state index contributed by atoms with van der Waals surface area (Å²) in [7, 11) is 0. The average molecular weight is 307 g/mol. The van der Waals surface area contributed by atoms with E-state index in [2.05, 4.69) is 31.2 Å². The van der Waals surface area contributed by atoms with E-state index >= 15 is 0 Å². The average Bonchev–Trinajstić information content (AvgIpc) is 2.88. The first-order valence-electron chi connectivity index (χ1n) is 7.86. The van der Waals surface area contributed by atoms with Gasteiger partial charge in [0, 0.05) is 17.3 Å². The molecule has 3 rings (SSSR count). The fourth-order valence-corrected chi connectivity index (χ4v) is 3.02. The van der Waals surface area contributed by atoms with E-state index < -0.39 is 0 Å². The van der Waals surface area contributed by atoms with Crippen molar-refractivity contribution in [3.63, 3.8) is 0 Å². The van der Waals surface area contributed by atoms with E-state index in [9.17, 15) is 4.79 Å². The van der Waals surface area contributed by atoms with Crippen LogP contribution in [0.3, 0.4) is 0 Å². The number of aromatic nitrogens is 1. The van der Waals surface area contributed by atoms with Crippen molar-refractivity contribution in [1.82, 2.24) is 4.40 Å². The Bertz CT molecular complexity index is 890. The van der Waals surface area contributed by atoms with Crippen LogP contribution in [0.1, 0.15) is 34.1 Å². The van der Waals surface area contributed by atoms with Crippen molar-refractivity contribution in [2.75, 3.05) is 6.61 Å². The third kappa shape index (κ3) is 2.63. The number of fused-ring (bicyclic) bond motifs is 1. The second-order valence-electron chi connectivity index (χ2n) is 5.93. The Morgan fingerprint density at radius 3 is 2.52 bits per heavy atom. The van der Waals surface area contributed by atoms with E-state index in [4.69, 9.17) is 4.74 Å². The summed E-state index contributed by atoms with van der Waals surface area (Å²) >= 11 is 0. The zero-order valence-corrected chi connectivity index (χ0v) is 14.0. The van der Waals surface area contributed by atoms with Crippen molar-refractivity contribution in [1.29, 1.82) is 0 Å². The largest absolute Gasteiger partial charge is 0.494 e. The van der Waals surface area contributed by atoms with Crippen LogP contribution < -0.4 is 4.74 Å². The van der Waals surface area contributed by atoms with Gasteiger partial charge in [0.1, 0.15) is 5.75 Å². The van der Waals surface area contributed by atoms with Gasteiger partial charge in [-0.05, 0) is 74.2 Å². The maximum absolute atomic E-state index is 11.7. The number of carbonyl (C=O) groups is 1. The Morgan fingerprint density at radius 1 is 1.04 bits per heavy atom. The first-order chi connectivity index (χ1) is 11.0. The minimum atomic E-state index is 0.647. The smallest absolute Gasteiger partial charge is 0.167 e. The molecular weight excluding hydrogens is 286 g/mol. The molecule has 0 spiro atoms. The maximum Gasteiger partial charge on any atom is 0.167 e. The first-order valence-corrected chi connectivity index (χ1v) is 7.86. The predicted octanol–water partition coefficient (Wildman–Crippen LogP) is 4.74. The van der Waals surface area contributed by atoms with Gasteiger partial charge >= 0.3 is 0 Å². The van der Waals surface area contributed by atoms with E-state index in [1.165, 1.54) is 0 Å². The quantitative estimate of drug-likeness (QED) is 0.652. The second kappa shape index (κ2) is 5.92. The normalized spacial score (nSPS) is 11.0. The lowest BCUT2D eigenvalue weighted by Gasteiger charge is -2.12. The zero-order valence-electron chi connectivity index (χ0n) is 14.0. The second-order valence-corrected chi connectivity index (χ2v) is 5.93. The number of nitrogens with zero attached hydrogens (tertiary/aromatic N) is 1. The highest BCUT2D eigenvalue weighted by Crippen LogP contribution is 2.33. The summed E-state index contributed by atoms with van der Waals surface area (Å²) in [6, 6.07) is 10.3. The number of benzene rings is 1. The van der Waals surface area contributed by atoms with Crippen LogP contribution in [0.5, 0.6) is 5.75 Å². The van der Waals surface area contributed by atoms with Gasteiger partial charge in [0.05, 0.1) is 12.3 Å². The molecule has 1 aromatic carbocycles. The summed E-state index contributed by atoms with van der Waals surface area (Å²) in [5.41, 5.74) is 7.07. The molecule has 0 saturated carbocycles. The number of rotatable bonds is 4. The van der Waals surface area contributed by atoms with Crippen molar-refractivity contribution in [2.45, 2.75) is 27.7 Å². The lowest BCUT2D eigenvalue weighted by molar-refractivity contribution is 0.111. The molecule has 2 aromatic heterocycles. The van der Waals surface area contributed by atoms with Crippen molar-refractivity contribution in [3.05, 3.63) is 58.9 Å². The van der Waals surface area contributed by atoms with E-state index in [1.807, 2.05) is 37.4 Å². The molecule has 0 fully saturated rings.